The summed E-state index contributed by atoms with van der Waals surface area (Å²) in [5.74, 6) is -0.665. The SMILES string of the molecule is CC(C)(C)OC(=O)c1coc2ccccc2c1=O. The van der Waals surface area contributed by atoms with Crippen LogP contribution in [0, 0.1) is 0 Å². The second-order valence-electron chi connectivity index (χ2n) is 4.98. The summed E-state index contributed by atoms with van der Waals surface area (Å²) >= 11 is 0. The lowest BCUT2D eigenvalue weighted by Gasteiger charge is -2.19. The average molecular weight is 246 g/mol. The zero-order valence-corrected chi connectivity index (χ0v) is 10.5. The Balaban J connectivity index is 2.50. The van der Waals surface area contributed by atoms with Gasteiger partial charge in [-0.25, -0.2) is 4.79 Å². The molecule has 0 saturated heterocycles. The largest absolute Gasteiger partial charge is 0.463 e. The molecule has 2 aromatic rings. The van der Waals surface area contributed by atoms with Crippen LogP contribution in [0.25, 0.3) is 11.0 Å². The molecular weight excluding hydrogens is 232 g/mol. The first-order chi connectivity index (χ1) is 8.38. The van der Waals surface area contributed by atoms with Gasteiger partial charge in [-0.3, -0.25) is 4.79 Å². The first-order valence-corrected chi connectivity index (χ1v) is 5.62. The minimum Gasteiger partial charge on any atom is -0.463 e. The summed E-state index contributed by atoms with van der Waals surface area (Å²) in [6, 6.07) is 6.78. The van der Waals surface area contributed by atoms with Crippen LogP contribution in [0.15, 0.2) is 39.7 Å². The summed E-state index contributed by atoms with van der Waals surface area (Å²) in [7, 11) is 0. The van der Waals surface area contributed by atoms with Gasteiger partial charge in [0.25, 0.3) is 0 Å². The van der Waals surface area contributed by atoms with E-state index in [1.54, 1.807) is 45.0 Å². The highest BCUT2D eigenvalue weighted by molar-refractivity contribution is 5.92. The van der Waals surface area contributed by atoms with Crippen molar-refractivity contribution < 1.29 is 13.9 Å². The predicted octanol–water partition coefficient (Wildman–Crippen LogP) is 2.75. The lowest BCUT2D eigenvalue weighted by atomic mass is 10.1. The van der Waals surface area contributed by atoms with Gasteiger partial charge in [-0.05, 0) is 32.9 Å². The Bertz CT molecular complexity index is 647. The van der Waals surface area contributed by atoms with Gasteiger partial charge in [0.1, 0.15) is 23.0 Å². The molecule has 0 amide bonds. The standard InChI is InChI=1S/C14H14O4/c1-14(2,3)18-13(16)10-8-17-11-7-5-4-6-9(11)12(10)15/h4-8H,1-3H3. The fourth-order valence-electron chi connectivity index (χ4n) is 1.55. The zero-order chi connectivity index (χ0) is 13.3. The monoisotopic (exact) mass is 246 g/mol. The topological polar surface area (TPSA) is 56.5 Å². The fraction of sp³-hybridized carbons (Fsp3) is 0.286. The summed E-state index contributed by atoms with van der Waals surface area (Å²) < 4.78 is 10.4. The van der Waals surface area contributed by atoms with E-state index in [1.807, 2.05) is 0 Å². The lowest BCUT2D eigenvalue weighted by Crippen LogP contribution is -2.27. The molecule has 0 spiro atoms. The van der Waals surface area contributed by atoms with E-state index in [-0.39, 0.29) is 11.0 Å². The van der Waals surface area contributed by atoms with E-state index in [0.29, 0.717) is 11.0 Å². The molecule has 0 aliphatic carbocycles. The molecule has 18 heavy (non-hydrogen) atoms. The van der Waals surface area contributed by atoms with Crippen molar-refractivity contribution in [3.8, 4) is 0 Å². The molecule has 0 bridgehead atoms. The van der Waals surface area contributed by atoms with E-state index in [0.717, 1.165) is 6.26 Å². The van der Waals surface area contributed by atoms with Crippen molar-refractivity contribution in [1.82, 2.24) is 0 Å². The van der Waals surface area contributed by atoms with Crippen LogP contribution in [0.1, 0.15) is 31.1 Å². The Morgan fingerprint density at radius 3 is 2.56 bits per heavy atom. The van der Waals surface area contributed by atoms with E-state index in [2.05, 4.69) is 0 Å². The van der Waals surface area contributed by atoms with Crippen molar-refractivity contribution in [2.75, 3.05) is 0 Å². The molecule has 4 heteroatoms. The number of esters is 1. The maximum Gasteiger partial charge on any atom is 0.345 e. The number of ether oxygens (including phenoxy) is 1. The third-order valence-corrected chi connectivity index (χ3v) is 2.30. The Labute approximate surface area is 104 Å². The first-order valence-electron chi connectivity index (χ1n) is 5.62. The van der Waals surface area contributed by atoms with Gasteiger partial charge >= 0.3 is 5.97 Å². The third kappa shape index (κ3) is 2.42. The van der Waals surface area contributed by atoms with Crippen molar-refractivity contribution in [2.24, 2.45) is 0 Å². The third-order valence-electron chi connectivity index (χ3n) is 2.30. The van der Waals surface area contributed by atoms with Crippen molar-refractivity contribution in [1.29, 1.82) is 0 Å². The number of carbonyl (C=O) groups is 1. The molecule has 1 aromatic carbocycles. The van der Waals surface area contributed by atoms with Crippen LogP contribution in [-0.2, 0) is 4.74 Å². The molecule has 1 aromatic heterocycles. The second kappa shape index (κ2) is 4.29. The van der Waals surface area contributed by atoms with E-state index < -0.39 is 11.6 Å². The molecule has 0 saturated carbocycles. The number of benzene rings is 1. The van der Waals surface area contributed by atoms with Crippen LogP contribution in [0.3, 0.4) is 0 Å². The number of hydrogen-bond acceptors (Lipinski definition) is 4. The molecule has 94 valence electrons. The van der Waals surface area contributed by atoms with Crippen molar-refractivity contribution in [3.05, 3.63) is 46.3 Å². The first kappa shape index (κ1) is 12.4. The number of carbonyl (C=O) groups excluding carboxylic acids is 1. The Kier molecular flexibility index (Phi) is 2.95. The number of rotatable bonds is 1. The Morgan fingerprint density at radius 1 is 1.22 bits per heavy atom. The average Bonchev–Trinajstić information content (AvgIpc) is 2.27. The number of fused-ring (bicyclic) bond motifs is 1. The summed E-state index contributed by atoms with van der Waals surface area (Å²) in [5.41, 5.74) is -0.639. The van der Waals surface area contributed by atoms with Gasteiger partial charge in [-0.15, -0.1) is 0 Å². The second-order valence-corrected chi connectivity index (χ2v) is 4.98. The summed E-state index contributed by atoms with van der Waals surface area (Å²) in [4.78, 5) is 23.9. The Hall–Kier alpha value is -2.10. The molecule has 0 atom stereocenters. The van der Waals surface area contributed by atoms with Gasteiger partial charge in [-0.1, -0.05) is 12.1 Å². The van der Waals surface area contributed by atoms with Crippen molar-refractivity contribution in [2.45, 2.75) is 26.4 Å². The van der Waals surface area contributed by atoms with Crippen molar-refractivity contribution in [3.63, 3.8) is 0 Å². The van der Waals surface area contributed by atoms with Gasteiger partial charge in [-0.2, -0.15) is 0 Å². The summed E-state index contributed by atoms with van der Waals surface area (Å²) in [5, 5.41) is 0.376. The van der Waals surface area contributed by atoms with E-state index in [4.69, 9.17) is 9.15 Å². The van der Waals surface area contributed by atoms with Gasteiger partial charge in [0.15, 0.2) is 0 Å². The number of para-hydroxylation sites is 1. The quantitative estimate of drug-likeness (QED) is 0.726. The van der Waals surface area contributed by atoms with Crippen molar-refractivity contribution >= 4 is 16.9 Å². The summed E-state index contributed by atoms with van der Waals surface area (Å²) in [6.45, 7) is 5.23. The lowest BCUT2D eigenvalue weighted by molar-refractivity contribution is 0.00661. The molecule has 4 nitrogen and oxygen atoms in total. The molecule has 0 radical (unpaired) electrons. The minimum absolute atomic E-state index is 0.0800. The van der Waals surface area contributed by atoms with Crippen LogP contribution < -0.4 is 5.43 Å². The van der Waals surface area contributed by atoms with E-state index in [1.165, 1.54) is 0 Å². The molecule has 0 aliphatic rings. The zero-order valence-electron chi connectivity index (χ0n) is 10.5. The molecule has 2 rings (SSSR count). The van der Waals surface area contributed by atoms with Gasteiger partial charge < -0.3 is 9.15 Å². The van der Waals surface area contributed by atoms with E-state index >= 15 is 0 Å². The van der Waals surface area contributed by atoms with Crippen LogP contribution in [-0.4, -0.2) is 11.6 Å². The highest BCUT2D eigenvalue weighted by atomic mass is 16.6. The normalized spacial score (nSPS) is 11.5. The minimum atomic E-state index is -0.665. The van der Waals surface area contributed by atoms with Crippen LogP contribution in [0.5, 0.6) is 0 Å². The van der Waals surface area contributed by atoms with Gasteiger partial charge in [0.2, 0.25) is 5.43 Å². The maximum atomic E-state index is 12.1. The molecule has 0 aliphatic heterocycles. The van der Waals surface area contributed by atoms with Crippen LogP contribution in [0.2, 0.25) is 0 Å². The molecule has 1 heterocycles. The highest BCUT2D eigenvalue weighted by Crippen LogP contribution is 2.14. The highest BCUT2D eigenvalue weighted by Gasteiger charge is 2.21. The van der Waals surface area contributed by atoms with Gasteiger partial charge in [0, 0.05) is 0 Å². The van der Waals surface area contributed by atoms with Crippen LogP contribution in [0.4, 0.5) is 0 Å². The molecule has 0 fully saturated rings. The predicted molar refractivity (Wildman–Crippen MR) is 67.7 cm³/mol. The van der Waals surface area contributed by atoms with Gasteiger partial charge in [0.05, 0.1) is 5.39 Å². The van der Waals surface area contributed by atoms with E-state index in [9.17, 15) is 9.59 Å². The van der Waals surface area contributed by atoms with Crippen LogP contribution >= 0.6 is 0 Å². The molecular formula is C14H14O4. The maximum absolute atomic E-state index is 12.1. The fourth-order valence-corrected chi connectivity index (χ4v) is 1.55. The molecule has 0 unspecified atom stereocenters. The Morgan fingerprint density at radius 2 is 1.89 bits per heavy atom. The summed E-state index contributed by atoms with van der Waals surface area (Å²) in [6.07, 6.45) is 1.15. The number of hydrogen-bond donors (Lipinski definition) is 0. The smallest absolute Gasteiger partial charge is 0.345 e. The molecule has 0 N–H and O–H groups in total.